The Morgan fingerprint density at radius 3 is 2.21 bits per heavy atom. The average molecular weight is 385 g/mol. The number of hydrogen-bond acceptors (Lipinski definition) is 3. The number of carbonyl (C=O) groups is 2. The van der Waals surface area contributed by atoms with Crippen LogP contribution in [0.3, 0.4) is 0 Å². The molecule has 8 heteroatoms. The van der Waals surface area contributed by atoms with Crippen LogP contribution in [0.2, 0.25) is 15.1 Å². The second kappa shape index (κ2) is 6.99. The zero-order chi connectivity index (χ0) is 17.3. The first-order valence-electron chi connectivity index (χ1n) is 7.04. The minimum Gasteiger partial charge on any atom is -0.275 e. The van der Waals surface area contributed by atoms with Crippen molar-refractivity contribution in [2.24, 2.45) is 0 Å². The van der Waals surface area contributed by atoms with Crippen molar-refractivity contribution in [3.05, 3.63) is 62.6 Å². The number of anilines is 1. The van der Waals surface area contributed by atoms with Gasteiger partial charge in [-0.15, -0.1) is 0 Å². The molecule has 24 heavy (non-hydrogen) atoms. The molecule has 0 aromatic heterocycles. The fourth-order valence-electron chi connectivity index (χ4n) is 2.34. The van der Waals surface area contributed by atoms with E-state index in [1.165, 1.54) is 5.01 Å². The van der Waals surface area contributed by atoms with Gasteiger partial charge in [-0.3, -0.25) is 10.1 Å². The number of carbonyl (C=O) groups excluding carboxylic acids is 2. The lowest BCUT2D eigenvalue weighted by Crippen LogP contribution is -2.59. The normalized spacial score (nSPS) is 14.7. The van der Waals surface area contributed by atoms with Crippen LogP contribution in [0.25, 0.3) is 0 Å². The van der Waals surface area contributed by atoms with Gasteiger partial charge in [0.15, 0.2) is 0 Å². The molecule has 0 radical (unpaired) electrons. The first-order chi connectivity index (χ1) is 11.4. The van der Waals surface area contributed by atoms with Crippen molar-refractivity contribution < 1.29 is 9.59 Å². The fraction of sp³-hybridized carbons (Fsp3) is 0.125. The minimum atomic E-state index is -0.580. The third kappa shape index (κ3) is 3.65. The fourth-order valence-corrected chi connectivity index (χ4v) is 3.08. The monoisotopic (exact) mass is 383 g/mol. The standard InChI is InChI=1S/C16H12Cl3N3O2/c17-10-3-1-9(2-4-10)5-12-13(18)6-11(7-14(12)19)22-16(24)21-15(23)8-20-22/h1-4,6-7,20H,5,8H2,(H,21,23,24). The maximum absolute atomic E-state index is 11.9. The van der Waals surface area contributed by atoms with E-state index in [1.807, 2.05) is 12.1 Å². The van der Waals surface area contributed by atoms with E-state index in [4.69, 9.17) is 34.8 Å². The van der Waals surface area contributed by atoms with E-state index in [-0.39, 0.29) is 6.54 Å². The smallest absolute Gasteiger partial charge is 0.275 e. The van der Waals surface area contributed by atoms with Crippen molar-refractivity contribution in [2.75, 3.05) is 11.6 Å². The summed E-state index contributed by atoms with van der Waals surface area (Å²) in [6.07, 6.45) is 0.535. The highest BCUT2D eigenvalue weighted by Gasteiger charge is 2.25. The second-order valence-corrected chi connectivity index (χ2v) is 6.47. The van der Waals surface area contributed by atoms with Crippen molar-refractivity contribution in [1.82, 2.24) is 10.7 Å². The topological polar surface area (TPSA) is 61.4 Å². The highest BCUT2D eigenvalue weighted by atomic mass is 35.5. The number of hydrogen-bond donors (Lipinski definition) is 2. The molecule has 1 fully saturated rings. The van der Waals surface area contributed by atoms with Crippen molar-refractivity contribution in [1.29, 1.82) is 0 Å². The first kappa shape index (κ1) is 17.0. The molecular weight excluding hydrogens is 373 g/mol. The number of hydrazine groups is 1. The van der Waals surface area contributed by atoms with Gasteiger partial charge in [0.05, 0.1) is 12.2 Å². The van der Waals surface area contributed by atoms with Crippen molar-refractivity contribution in [2.45, 2.75) is 6.42 Å². The Morgan fingerprint density at radius 2 is 1.62 bits per heavy atom. The predicted octanol–water partition coefficient (Wildman–Crippen LogP) is 3.80. The Hall–Kier alpha value is -1.79. The van der Waals surface area contributed by atoms with Gasteiger partial charge in [0.1, 0.15) is 0 Å². The Labute approximate surface area is 153 Å². The summed E-state index contributed by atoms with van der Waals surface area (Å²) in [7, 11) is 0. The van der Waals surface area contributed by atoms with Crippen LogP contribution >= 0.6 is 34.8 Å². The predicted molar refractivity (Wildman–Crippen MR) is 94.7 cm³/mol. The van der Waals surface area contributed by atoms with E-state index in [9.17, 15) is 9.59 Å². The second-order valence-electron chi connectivity index (χ2n) is 5.21. The van der Waals surface area contributed by atoms with Gasteiger partial charge >= 0.3 is 6.03 Å². The number of urea groups is 1. The molecule has 0 atom stereocenters. The molecule has 1 aliphatic rings. The number of halogens is 3. The molecule has 0 spiro atoms. The summed E-state index contributed by atoms with van der Waals surface area (Å²) in [4.78, 5) is 23.1. The van der Waals surface area contributed by atoms with Crippen LogP contribution in [-0.2, 0) is 11.2 Å². The van der Waals surface area contributed by atoms with E-state index in [0.29, 0.717) is 27.2 Å². The van der Waals surface area contributed by atoms with E-state index in [1.54, 1.807) is 24.3 Å². The number of benzene rings is 2. The molecular formula is C16H12Cl3N3O2. The SMILES string of the molecule is O=C1CNN(c2cc(Cl)c(Cc3ccc(Cl)cc3)c(Cl)c2)C(=O)N1. The zero-order valence-corrected chi connectivity index (χ0v) is 14.5. The summed E-state index contributed by atoms with van der Waals surface area (Å²) in [5.41, 5.74) is 4.92. The molecule has 2 N–H and O–H groups in total. The number of imide groups is 1. The Balaban J connectivity index is 1.87. The van der Waals surface area contributed by atoms with Gasteiger partial charge in [-0.25, -0.2) is 15.2 Å². The van der Waals surface area contributed by atoms with E-state index < -0.39 is 11.9 Å². The Bertz CT molecular complexity index is 786. The molecule has 0 bridgehead atoms. The molecule has 3 amide bonds. The van der Waals surface area contributed by atoms with Crippen molar-refractivity contribution in [3.8, 4) is 0 Å². The summed E-state index contributed by atoms with van der Waals surface area (Å²) < 4.78 is 0. The lowest BCUT2D eigenvalue weighted by atomic mass is 10.0. The van der Waals surface area contributed by atoms with Gasteiger partial charge in [-0.05, 0) is 35.4 Å². The quantitative estimate of drug-likeness (QED) is 0.846. The van der Waals surface area contributed by atoms with Gasteiger partial charge in [-0.1, -0.05) is 46.9 Å². The molecule has 1 aliphatic heterocycles. The minimum absolute atomic E-state index is 0.00644. The van der Waals surface area contributed by atoms with Crippen LogP contribution < -0.4 is 15.8 Å². The summed E-state index contributed by atoms with van der Waals surface area (Å²) in [5.74, 6) is -0.396. The third-order valence-corrected chi connectivity index (χ3v) is 4.45. The molecule has 2 aromatic carbocycles. The lowest BCUT2D eigenvalue weighted by molar-refractivity contribution is -0.119. The van der Waals surface area contributed by atoms with Crippen molar-refractivity contribution >= 4 is 52.4 Å². The van der Waals surface area contributed by atoms with Crippen LogP contribution in [0.15, 0.2) is 36.4 Å². The van der Waals surface area contributed by atoms with Gasteiger partial charge < -0.3 is 0 Å². The molecule has 0 saturated carbocycles. The van der Waals surface area contributed by atoms with E-state index in [2.05, 4.69) is 10.7 Å². The van der Waals surface area contributed by atoms with Crippen LogP contribution in [0.1, 0.15) is 11.1 Å². The van der Waals surface area contributed by atoms with Crippen LogP contribution in [0.5, 0.6) is 0 Å². The van der Waals surface area contributed by atoms with E-state index in [0.717, 1.165) is 11.1 Å². The molecule has 124 valence electrons. The van der Waals surface area contributed by atoms with Crippen LogP contribution in [0, 0.1) is 0 Å². The third-order valence-electron chi connectivity index (χ3n) is 3.53. The molecule has 2 aromatic rings. The summed E-state index contributed by atoms with van der Waals surface area (Å²) in [5, 5.41) is 4.93. The van der Waals surface area contributed by atoms with Crippen molar-refractivity contribution in [3.63, 3.8) is 0 Å². The first-order valence-corrected chi connectivity index (χ1v) is 8.17. The summed E-state index contributed by atoms with van der Waals surface area (Å²) >= 11 is 18.6. The maximum Gasteiger partial charge on any atom is 0.343 e. The van der Waals surface area contributed by atoms with Gasteiger partial charge in [0.25, 0.3) is 0 Å². The molecule has 0 aliphatic carbocycles. The average Bonchev–Trinajstić information content (AvgIpc) is 2.52. The molecule has 3 rings (SSSR count). The largest absolute Gasteiger partial charge is 0.343 e. The number of amides is 3. The summed E-state index contributed by atoms with van der Waals surface area (Å²) in [6, 6.07) is 10.1. The molecule has 1 heterocycles. The summed E-state index contributed by atoms with van der Waals surface area (Å²) in [6.45, 7) is -0.00644. The van der Waals surface area contributed by atoms with Gasteiger partial charge in [0.2, 0.25) is 5.91 Å². The number of nitrogens with one attached hydrogen (secondary N) is 2. The van der Waals surface area contributed by atoms with Gasteiger partial charge in [0, 0.05) is 21.5 Å². The van der Waals surface area contributed by atoms with Crippen LogP contribution in [-0.4, -0.2) is 18.5 Å². The number of rotatable bonds is 3. The Kier molecular flexibility index (Phi) is 4.96. The highest BCUT2D eigenvalue weighted by molar-refractivity contribution is 6.36. The lowest BCUT2D eigenvalue weighted by Gasteiger charge is -2.27. The Morgan fingerprint density at radius 1 is 1.00 bits per heavy atom. The molecule has 0 unspecified atom stereocenters. The number of nitrogens with zero attached hydrogens (tertiary/aromatic N) is 1. The van der Waals surface area contributed by atoms with E-state index >= 15 is 0 Å². The zero-order valence-electron chi connectivity index (χ0n) is 12.3. The molecule has 5 nitrogen and oxygen atoms in total. The highest BCUT2D eigenvalue weighted by Crippen LogP contribution is 2.32. The van der Waals surface area contributed by atoms with Gasteiger partial charge in [-0.2, -0.15) is 0 Å². The van der Waals surface area contributed by atoms with Crippen LogP contribution in [0.4, 0.5) is 10.5 Å². The maximum atomic E-state index is 11.9. The molecule has 1 saturated heterocycles.